The third-order valence-electron chi connectivity index (χ3n) is 3.02. The lowest BCUT2D eigenvalue weighted by Gasteiger charge is -2.40. The predicted octanol–water partition coefficient (Wildman–Crippen LogP) is 1.43. The van der Waals surface area contributed by atoms with Gasteiger partial charge in [-0.1, -0.05) is 0 Å². The Bertz CT molecular complexity index is 230. The van der Waals surface area contributed by atoms with E-state index in [9.17, 15) is 4.79 Å². The lowest BCUT2D eigenvalue weighted by atomic mass is 10.0. The molecule has 1 aliphatic rings. The van der Waals surface area contributed by atoms with E-state index in [1.54, 1.807) is 0 Å². The lowest BCUT2D eigenvalue weighted by Crippen LogP contribution is -2.52. The van der Waals surface area contributed by atoms with Gasteiger partial charge in [0.15, 0.2) is 5.78 Å². The summed E-state index contributed by atoms with van der Waals surface area (Å²) in [6, 6.07) is 0.520. The molecule has 0 saturated carbocycles. The molecule has 88 valence electrons. The fraction of sp³-hybridized carbons (Fsp3) is 0.917. The first-order chi connectivity index (χ1) is 6.82. The second kappa shape index (κ2) is 4.62. The van der Waals surface area contributed by atoms with Crippen LogP contribution in [0.3, 0.4) is 0 Å². The maximum Gasteiger partial charge on any atom is 0.152 e. The minimum atomic E-state index is 0.0478. The lowest BCUT2D eigenvalue weighted by molar-refractivity contribution is -0.119. The van der Waals surface area contributed by atoms with Crippen molar-refractivity contribution >= 4 is 5.78 Å². The number of Topliss-reactive ketones (excluding diaryl/α,β-unsaturated/α-hetero) is 1. The van der Waals surface area contributed by atoms with Gasteiger partial charge in [-0.25, -0.2) is 0 Å². The molecule has 1 saturated heterocycles. The molecule has 1 N–H and O–H groups in total. The molecule has 0 radical (unpaired) electrons. The maximum atomic E-state index is 11.6. The van der Waals surface area contributed by atoms with E-state index < -0.39 is 0 Å². The largest absolute Gasteiger partial charge is 0.306 e. The standard InChI is InChI=1S/C12H24N2O/c1-9(2)14(12(3,4)5)8-10-11(15)6-7-13-10/h9-10,13H,6-8H2,1-5H3. The van der Waals surface area contributed by atoms with Crippen molar-refractivity contribution in [1.29, 1.82) is 0 Å². The Morgan fingerprint density at radius 2 is 2.07 bits per heavy atom. The van der Waals surface area contributed by atoms with E-state index in [1.165, 1.54) is 0 Å². The fourth-order valence-corrected chi connectivity index (χ4v) is 2.28. The van der Waals surface area contributed by atoms with E-state index in [0.29, 0.717) is 18.2 Å². The Labute approximate surface area is 93.2 Å². The summed E-state index contributed by atoms with van der Waals surface area (Å²) in [7, 11) is 0. The Morgan fingerprint density at radius 1 is 1.47 bits per heavy atom. The van der Waals surface area contributed by atoms with Gasteiger partial charge in [0.1, 0.15) is 0 Å². The van der Waals surface area contributed by atoms with Crippen molar-refractivity contribution in [1.82, 2.24) is 10.2 Å². The van der Waals surface area contributed by atoms with Crippen molar-refractivity contribution in [3.8, 4) is 0 Å². The molecule has 15 heavy (non-hydrogen) atoms. The number of hydrogen-bond donors (Lipinski definition) is 1. The first-order valence-corrected chi connectivity index (χ1v) is 5.85. The van der Waals surface area contributed by atoms with Crippen LogP contribution in [0.5, 0.6) is 0 Å². The van der Waals surface area contributed by atoms with Crippen LogP contribution < -0.4 is 5.32 Å². The van der Waals surface area contributed by atoms with Crippen molar-refractivity contribution in [2.24, 2.45) is 0 Å². The summed E-state index contributed by atoms with van der Waals surface area (Å²) in [6.45, 7) is 12.7. The first-order valence-electron chi connectivity index (χ1n) is 5.85. The second-order valence-electron chi connectivity index (χ2n) is 5.64. The summed E-state index contributed by atoms with van der Waals surface area (Å²) in [5.74, 6) is 0.366. The topological polar surface area (TPSA) is 32.3 Å². The van der Waals surface area contributed by atoms with E-state index in [2.05, 4.69) is 44.8 Å². The fourth-order valence-electron chi connectivity index (χ4n) is 2.28. The molecule has 0 aliphatic carbocycles. The molecule has 0 aromatic carbocycles. The quantitative estimate of drug-likeness (QED) is 0.768. The predicted molar refractivity (Wildman–Crippen MR) is 63.0 cm³/mol. The van der Waals surface area contributed by atoms with Crippen LogP contribution in [-0.2, 0) is 4.79 Å². The van der Waals surface area contributed by atoms with Crippen molar-refractivity contribution in [3.63, 3.8) is 0 Å². The Morgan fingerprint density at radius 3 is 2.40 bits per heavy atom. The van der Waals surface area contributed by atoms with Gasteiger partial charge in [0.25, 0.3) is 0 Å². The smallest absolute Gasteiger partial charge is 0.152 e. The van der Waals surface area contributed by atoms with Crippen LogP contribution in [0.1, 0.15) is 41.0 Å². The molecule has 1 aliphatic heterocycles. The monoisotopic (exact) mass is 212 g/mol. The molecule has 0 spiro atoms. The molecule has 0 aromatic heterocycles. The minimum absolute atomic E-state index is 0.0478. The average Bonchev–Trinajstić information content (AvgIpc) is 2.44. The molecule has 3 heteroatoms. The number of nitrogens with one attached hydrogen (secondary N) is 1. The Hall–Kier alpha value is -0.410. The summed E-state index contributed by atoms with van der Waals surface area (Å²) in [5.41, 5.74) is 0.124. The van der Waals surface area contributed by atoms with Crippen LogP contribution in [-0.4, -0.2) is 41.4 Å². The molecule has 1 fully saturated rings. The van der Waals surface area contributed by atoms with Gasteiger partial charge >= 0.3 is 0 Å². The SMILES string of the molecule is CC(C)N(CC1NCCC1=O)C(C)(C)C. The molecular weight excluding hydrogens is 188 g/mol. The van der Waals surface area contributed by atoms with Crippen molar-refractivity contribution < 1.29 is 4.79 Å². The summed E-state index contributed by atoms with van der Waals surface area (Å²) in [6.07, 6.45) is 0.695. The van der Waals surface area contributed by atoms with Gasteiger partial charge in [-0.3, -0.25) is 9.69 Å². The zero-order valence-corrected chi connectivity index (χ0v) is 10.6. The normalized spacial score (nSPS) is 23.1. The molecular formula is C12H24N2O. The van der Waals surface area contributed by atoms with Gasteiger partial charge in [0, 0.05) is 31.1 Å². The highest BCUT2D eigenvalue weighted by molar-refractivity contribution is 5.86. The van der Waals surface area contributed by atoms with Crippen molar-refractivity contribution in [2.75, 3.05) is 13.1 Å². The second-order valence-corrected chi connectivity index (χ2v) is 5.64. The van der Waals surface area contributed by atoms with Gasteiger partial charge in [-0.15, -0.1) is 0 Å². The molecule has 1 rings (SSSR count). The highest BCUT2D eigenvalue weighted by Crippen LogP contribution is 2.18. The van der Waals surface area contributed by atoms with Crippen LogP contribution >= 0.6 is 0 Å². The van der Waals surface area contributed by atoms with Crippen LogP contribution in [0.2, 0.25) is 0 Å². The van der Waals surface area contributed by atoms with Crippen molar-refractivity contribution in [2.45, 2.75) is 58.7 Å². The molecule has 1 heterocycles. The third kappa shape index (κ3) is 3.28. The molecule has 0 aromatic rings. The number of carbonyl (C=O) groups is 1. The van der Waals surface area contributed by atoms with Gasteiger partial charge in [0.2, 0.25) is 0 Å². The molecule has 1 unspecified atom stereocenters. The number of hydrogen-bond acceptors (Lipinski definition) is 3. The molecule has 3 nitrogen and oxygen atoms in total. The highest BCUT2D eigenvalue weighted by atomic mass is 16.1. The highest BCUT2D eigenvalue weighted by Gasteiger charge is 2.31. The zero-order valence-electron chi connectivity index (χ0n) is 10.6. The number of rotatable bonds is 3. The third-order valence-corrected chi connectivity index (χ3v) is 3.02. The Kier molecular flexibility index (Phi) is 3.90. The van der Waals surface area contributed by atoms with Crippen LogP contribution in [0.25, 0.3) is 0 Å². The number of ketones is 1. The van der Waals surface area contributed by atoms with E-state index >= 15 is 0 Å². The van der Waals surface area contributed by atoms with Crippen molar-refractivity contribution in [3.05, 3.63) is 0 Å². The van der Waals surface area contributed by atoms with Gasteiger partial charge in [-0.2, -0.15) is 0 Å². The summed E-state index contributed by atoms with van der Waals surface area (Å²) in [5, 5.41) is 3.27. The van der Waals surface area contributed by atoms with Crippen LogP contribution in [0.15, 0.2) is 0 Å². The summed E-state index contributed by atoms with van der Waals surface area (Å²) < 4.78 is 0. The van der Waals surface area contributed by atoms with Gasteiger partial charge in [-0.05, 0) is 34.6 Å². The number of carbonyl (C=O) groups excluding carboxylic acids is 1. The first kappa shape index (κ1) is 12.7. The summed E-state index contributed by atoms with van der Waals surface area (Å²) >= 11 is 0. The molecule has 0 bridgehead atoms. The van der Waals surface area contributed by atoms with Crippen LogP contribution in [0, 0.1) is 0 Å². The van der Waals surface area contributed by atoms with E-state index in [0.717, 1.165) is 13.1 Å². The molecule has 1 atom stereocenters. The number of nitrogens with zero attached hydrogens (tertiary/aromatic N) is 1. The average molecular weight is 212 g/mol. The van der Waals surface area contributed by atoms with Gasteiger partial charge in [0.05, 0.1) is 6.04 Å². The summed E-state index contributed by atoms with van der Waals surface area (Å²) in [4.78, 5) is 14.0. The molecule has 0 amide bonds. The van der Waals surface area contributed by atoms with E-state index in [4.69, 9.17) is 0 Å². The van der Waals surface area contributed by atoms with Gasteiger partial charge < -0.3 is 5.32 Å². The van der Waals surface area contributed by atoms with E-state index in [1.807, 2.05) is 0 Å². The maximum absolute atomic E-state index is 11.6. The Balaban J connectivity index is 2.63. The van der Waals surface area contributed by atoms with E-state index in [-0.39, 0.29) is 11.6 Å². The van der Waals surface area contributed by atoms with Crippen LogP contribution in [0.4, 0.5) is 0 Å². The minimum Gasteiger partial charge on any atom is -0.306 e. The zero-order chi connectivity index (χ0) is 11.6.